The number of hydrogen-bond acceptors (Lipinski definition) is 2. The second kappa shape index (κ2) is 5.76. The van der Waals surface area contributed by atoms with Crippen LogP contribution in [0.3, 0.4) is 0 Å². The average Bonchev–Trinajstić information content (AvgIpc) is 2.61. The molecule has 0 amide bonds. The molecule has 0 aliphatic carbocycles. The molecule has 1 aromatic carbocycles. The molecule has 96 valence electrons. The van der Waals surface area contributed by atoms with Gasteiger partial charge in [-0.1, -0.05) is 12.1 Å². The van der Waals surface area contributed by atoms with Crippen molar-refractivity contribution in [1.82, 2.24) is 9.78 Å². The van der Waals surface area contributed by atoms with E-state index in [4.69, 9.17) is 16.3 Å². The molecule has 0 radical (unpaired) electrons. The van der Waals surface area contributed by atoms with Crippen molar-refractivity contribution < 1.29 is 4.74 Å². The first-order chi connectivity index (χ1) is 8.61. The zero-order valence-corrected chi connectivity index (χ0v) is 12.6. The molecule has 3 nitrogen and oxygen atoms in total. The fourth-order valence-corrected chi connectivity index (χ4v) is 2.32. The van der Waals surface area contributed by atoms with Crippen molar-refractivity contribution in [2.24, 2.45) is 7.05 Å². The summed E-state index contributed by atoms with van der Waals surface area (Å²) in [6, 6.07) is 7.79. The number of nitrogens with zero attached hydrogens (tertiary/aromatic N) is 2. The highest BCUT2D eigenvalue weighted by Crippen LogP contribution is 2.22. The van der Waals surface area contributed by atoms with Gasteiger partial charge in [0.1, 0.15) is 12.4 Å². The Bertz CT molecular complexity index is 554. The Hall–Kier alpha value is -1.000. The third-order valence-electron chi connectivity index (χ3n) is 2.69. The van der Waals surface area contributed by atoms with Crippen LogP contribution in [0.5, 0.6) is 5.75 Å². The lowest BCUT2D eigenvalue weighted by Gasteiger charge is -2.08. The van der Waals surface area contributed by atoms with E-state index in [0.717, 1.165) is 27.2 Å². The Morgan fingerprint density at radius 1 is 1.44 bits per heavy atom. The number of hydrogen-bond donors (Lipinski definition) is 0. The highest BCUT2D eigenvalue weighted by Gasteiger charge is 2.11. The molecule has 5 heteroatoms. The van der Waals surface area contributed by atoms with Crippen LogP contribution in [0.15, 0.2) is 28.7 Å². The average molecular weight is 330 g/mol. The fourth-order valence-electron chi connectivity index (χ4n) is 1.71. The van der Waals surface area contributed by atoms with Gasteiger partial charge in [-0.2, -0.15) is 5.10 Å². The van der Waals surface area contributed by atoms with Gasteiger partial charge in [0.25, 0.3) is 0 Å². The summed E-state index contributed by atoms with van der Waals surface area (Å²) < 4.78 is 8.58. The van der Waals surface area contributed by atoms with Gasteiger partial charge in [-0.3, -0.25) is 4.68 Å². The maximum atomic E-state index is 5.79. The Morgan fingerprint density at radius 3 is 2.83 bits per heavy atom. The first-order valence-corrected chi connectivity index (χ1v) is 6.90. The lowest BCUT2D eigenvalue weighted by atomic mass is 10.2. The molecule has 2 aromatic rings. The molecule has 0 unspecified atom stereocenters. The summed E-state index contributed by atoms with van der Waals surface area (Å²) in [5, 5.41) is 4.33. The third-order valence-corrected chi connectivity index (χ3v) is 4.03. The monoisotopic (exact) mass is 328 g/mol. The zero-order chi connectivity index (χ0) is 13.1. The number of aromatic nitrogens is 2. The maximum Gasteiger partial charge on any atom is 0.131 e. The Labute approximate surface area is 120 Å². The summed E-state index contributed by atoms with van der Waals surface area (Å²) in [5.41, 5.74) is 3.03. The Kier molecular flexibility index (Phi) is 4.30. The van der Waals surface area contributed by atoms with E-state index in [2.05, 4.69) is 21.0 Å². The van der Waals surface area contributed by atoms with E-state index in [1.165, 1.54) is 0 Å². The normalized spacial score (nSPS) is 10.7. The van der Waals surface area contributed by atoms with Crippen molar-refractivity contribution >= 4 is 27.5 Å². The molecule has 0 atom stereocenters. The van der Waals surface area contributed by atoms with Crippen molar-refractivity contribution in [2.75, 3.05) is 0 Å². The number of benzene rings is 1. The van der Waals surface area contributed by atoms with Gasteiger partial charge in [0, 0.05) is 12.9 Å². The Balaban J connectivity index is 2.11. The van der Waals surface area contributed by atoms with E-state index in [0.29, 0.717) is 12.5 Å². The van der Waals surface area contributed by atoms with E-state index in [1.807, 2.05) is 42.9 Å². The van der Waals surface area contributed by atoms with Gasteiger partial charge >= 0.3 is 0 Å². The smallest absolute Gasteiger partial charge is 0.131 e. The number of ether oxygens (including phenoxy) is 1. The van der Waals surface area contributed by atoms with Crippen LogP contribution in [0.4, 0.5) is 0 Å². The minimum Gasteiger partial charge on any atom is -0.487 e. The molecule has 1 aromatic heterocycles. The minimum atomic E-state index is 0.476. The van der Waals surface area contributed by atoms with Crippen molar-refractivity contribution in [1.29, 1.82) is 0 Å². The molecule has 18 heavy (non-hydrogen) atoms. The number of alkyl halides is 1. The van der Waals surface area contributed by atoms with Gasteiger partial charge in [-0.05, 0) is 40.5 Å². The predicted octanol–water partition coefficient (Wildman–Crippen LogP) is 3.81. The first-order valence-electron chi connectivity index (χ1n) is 5.57. The summed E-state index contributed by atoms with van der Waals surface area (Å²) in [5.74, 6) is 1.31. The largest absolute Gasteiger partial charge is 0.487 e. The van der Waals surface area contributed by atoms with Crippen LogP contribution in [0, 0.1) is 6.92 Å². The minimum absolute atomic E-state index is 0.476. The van der Waals surface area contributed by atoms with Crippen LogP contribution < -0.4 is 4.74 Å². The molecule has 0 fully saturated rings. The fraction of sp³-hybridized carbons (Fsp3) is 0.308. The van der Waals surface area contributed by atoms with Crippen molar-refractivity contribution in [3.63, 3.8) is 0 Å². The summed E-state index contributed by atoms with van der Waals surface area (Å²) in [7, 11) is 1.91. The van der Waals surface area contributed by atoms with Crippen molar-refractivity contribution in [2.45, 2.75) is 19.4 Å². The standard InChI is InChI=1S/C13H14BrClN2O/c1-9-13(14)12(17(2)16-9)8-18-11-5-3-4-10(6-11)7-15/h3-6H,7-8H2,1-2H3. The van der Waals surface area contributed by atoms with Gasteiger partial charge in [0.2, 0.25) is 0 Å². The molecule has 0 saturated carbocycles. The van der Waals surface area contributed by atoms with E-state index < -0.39 is 0 Å². The van der Waals surface area contributed by atoms with Crippen molar-refractivity contribution in [3.8, 4) is 5.75 Å². The predicted molar refractivity (Wildman–Crippen MR) is 76.0 cm³/mol. The van der Waals surface area contributed by atoms with Crippen LogP contribution in [0.1, 0.15) is 17.0 Å². The van der Waals surface area contributed by atoms with Crippen LogP contribution in [-0.2, 0) is 19.5 Å². The van der Waals surface area contributed by atoms with Gasteiger partial charge < -0.3 is 4.74 Å². The number of rotatable bonds is 4. The Morgan fingerprint density at radius 2 is 2.22 bits per heavy atom. The van der Waals surface area contributed by atoms with E-state index in [1.54, 1.807) is 0 Å². The molecule has 0 spiro atoms. The maximum absolute atomic E-state index is 5.79. The second-order valence-electron chi connectivity index (χ2n) is 4.04. The highest BCUT2D eigenvalue weighted by atomic mass is 79.9. The first kappa shape index (κ1) is 13.4. The lowest BCUT2D eigenvalue weighted by molar-refractivity contribution is 0.294. The van der Waals surface area contributed by atoms with E-state index in [9.17, 15) is 0 Å². The molecule has 0 saturated heterocycles. The van der Waals surface area contributed by atoms with Gasteiger partial charge in [0.05, 0.1) is 15.9 Å². The number of halogens is 2. The van der Waals surface area contributed by atoms with Gasteiger partial charge in [0.15, 0.2) is 0 Å². The lowest BCUT2D eigenvalue weighted by Crippen LogP contribution is -2.03. The van der Waals surface area contributed by atoms with E-state index >= 15 is 0 Å². The topological polar surface area (TPSA) is 27.1 Å². The van der Waals surface area contributed by atoms with Gasteiger partial charge in [-0.15, -0.1) is 11.6 Å². The molecule has 0 aliphatic heterocycles. The van der Waals surface area contributed by atoms with Crippen LogP contribution >= 0.6 is 27.5 Å². The molecular formula is C13H14BrClN2O. The molecule has 2 rings (SSSR count). The summed E-state index contributed by atoms with van der Waals surface area (Å²) >= 11 is 9.31. The number of aryl methyl sites for hydroxylation is 2. The molecular weight excluding hydrogens is 316 g/mol. The summed E-state index contributed by atoms with van der Waals surface area (Å²) in [6.45, 7) is 2.44. The van der Waals surface area contributed by atoms with Crippen LogP contribution in [0.2, 0.25) is 0 Å². The van der Waals surface area contributed by atoms with Crippen LogP contribution in [0.25, 0.3) is 0 Å². The third kappa shape index (κ3) is 2.87. The second-order valence-corrected chi connectivity index (χ2v) is 5.10. The molecule has 0 aliphatic rings. The van der Waals surface area contributed by atoms with Crippen LogP contribution in [-0.4, -0.2) is 9.78 Å². The van der Waals surface area contributed by atoms with Crippen molar-refractivity contribution in [3.05, 3.63) is 45.7 Å². The summed E-state index contributed by atoms with van der Waals surface area (Å²) in [4.78, 5) is 0. The van der Waals surface area contributed by atoms with Gasteiger partial charge in [-0.25, -0.2) is 0 Å². The quantitative estimate of drug-likeness (QED) is 0.798. The zero-order valence-electron chi connectivity index (χ0n) is 10.3. The molecule has 1 heterocycles. The van der Waals surface area contributed by atoms with E-state index in [-0.39, 0.29) is 0 Å². The molecule has 0 bridgehead atoms. The SMILES string of the molecule is Cc1nn(C)c(COc2cccc(CCl)c2)c1Br. The highest BCUT2D eigenvalue weighted by molar-refractivity contribution is 9.10. The summed E-state index contributed by atoms with van der Waals surface area (Å²) in [6.07, 6.45) is 0. The molecule has 0 N–H and O–H groups in total.